The summed E-state index contributed by atoms with van der Waals surface area (Å²) in [6.07, 6.45) is 4.14. The number of hydrogen-bond acceptors (Lipinski definition) is 8. The first-order valence-corrected chi connectivity index (χ1v) is 10.6. The molecule has 1 N–H and O–H groups in total. The van der Waals surface area contributed by atoms with E-state index in [1.807, 2.05) is 0 Å². The van der Waals surface area contributed by atoms with Gasteiger partial charge in [0.1, 0.15) is 11.4 Å². The summed E-state index contributed by atoms with van der Waals surface area (Å²) in [4.78, 5) is 46.1. The van der Waals surface area contributed by atoms with Crippen LogP contribution in [0.3, 0.4) is 0 Å². The lowest BCUT2D eigenvalue weighted by Crippen LogP contribution is -2.30. The standard InChI is InChI=1S/C23H28N4O6/c1-14(28)27(13-15-6-7-15)17-8-16(21(29)31-5)9-18(10-17)32-20-12-24-19(11-25-20)26-22(30)33-23(2,3)4/h8-12,15H,6-7,13H2,1-5H3,(H,24,26,30). The Labute approximate surface area is 192 Å². The topological polar surface area (TPSA) is 120 Å². The van der Waals surface area contributed by atoms with Crippen molar-refractivity contribution in [3.8, 4) is 11.6 Å². The van der Waals surface area contributed by atoms with Crippen molar-refractivity contribution in [1.82, 2.24) is 9.97 Å². The molecule has 1 saturated carbocycles. The quantitative estimate of drug-likeness (QED) is 0.617. The molecule has 0 atom stereocenters. The molecule has 2 amide bonds. The Morgan fingerprint density at radius 1 is 1.12 bits per heavy atom. The minimum absolute atomic E-state index is 0.132. The fourth-order valence-corrected chi connectivity index (χ4v) is 2.97. The number of rotatable bonds is 7. The molecule has 0 bridgehead atoms. The maximum atomic E-state index is 12.2. The molecule has 2 aromatic rings. The number of carbonyl (C=O) groups is 3. The number of nitrogens with zero attached hydrogens (tertiary/aromatic N) is 3. The maximum Gasteiger partial charge on any atom is 0.413 e. The van der Waals surface area contributed by atoms with Gasteiger partial charge in [0.2, 0.25) is 11.8 Å². The fourth-order valence-electron chi connectivity index (χ4n) is 2.97. The lowest BCUT2D eigenvalue weighted by molar-refractivity contribution is -0.116. The molecule has 1 aliphatic carbocycles. The van der Waals surface area contributed by atoms with Gasteiger partial charge in [0.25, 0.3) is 0 Å². The number of hydrogen-bond donors (Lipinski definition) is 1. The third-order valence-electron chi connectivity index (χ3n) is 4.62. The van der Waals surface area contributed by atoms with E-state index in [9.17, 15) is 14.4 Å². The SMILES string of the molecule is COC(=O)c1cc(Oc2cnc(NC(=O)OC(C)(C)C)cn2)cc(N(CC2CC2)C(C)=O)c1. The van der Waals surface area contributed by atoms with Gasteiger partial charge in [-0.15, -0.1) is 0 Å². The fraction of sp³-hybridized carbons (Fsp3) is 0.435. The van der Waals surface area contributed by atoms with Crippen LogP contribution in [0.4, 0.5) is 16.3 Å². The van der Waals surface area contributed by atoms with Gasteiger partial charge in [-0.05, 0) is 51.7 Å². The minimum atomic E-state index is -0.652. The molecule has 10 nitrogen and oxygen atoms in total. The van der Waals surface area contributed by atoms with E-state index >= 15 is 0 Å². The summed E-state index contributed by atoms with van der Waals surface area (Å²) in [6, 6.07) is 4.76. The van der Waals surface area contributed by atoms with Crippen LogP contribution in [0.1, 0.15) is 50.9 Å². The maximum absolute atomic E-state index is 12.2. The molecule has 1 aliphatic rings. The van der Waals surface area contributed by atoms with Crippen LogP contribution in [0.25, 0.3) is 0 Å². The molecule has 10 heteroatoms. The number of esters is 1. The predicted octanol–water partition coefficient (Wildman–Crippen LogP) is 4.17. The highest BCUT2D eigenvalue weighted by Gasteiger charge is 2.27. The van der Waals surface area contributed by atoms with Gasteiger partial charge >= 0.3 is 12.1 Å². The lowest BCUT2D eigenvalue weighted by Gasteiger charge is -2.22. The van der Waals surface area contributed by atoms with Crippen LogP contribution in [0.2, 0.25) is 0 Å². The highest BCUT2D eigenvalue weighted by atomic mass is 16.6. The Bertz CT molecular complexity index is 1030. The molecule has 176 valence electrons. The average Bonchev–Trinajstić information content (AvgIpc) is 3.55. The molecule has 3 rings (SSSR count). The van der Waals surface area contributed by atoms with E-state index in [1.165, 1.54) is 32.5 Å². The van der Waals surface area contributed by atoms with Gasteiger partial charge in [-0.25, -0.2) is 19.6 Å². The van der Waals surface area contributed by atoms with Crippen molar-refractivity contribution in [3.63, 3.8) is 0 Å². The van der Waals surface area contributed by atoms with Gasteiger partial charge < -0.3 is 19.1 Å². The van der Waals surface area contributed by atoms with Gasteiger partial charge in [-0.3, -0.25) is 10.1 Å². The first kappa shape index (κ1) is 24.0. The van der Waals surface area contributed by atoms with Gasteiger partial charge in [-0.1, -0.05) is 0 Å². The number of ether oxygens (including phenoxy) is 3. The Hall–Kier alpha value is -3.69. The third kappa shape index (κ3) is 7.16. The lowest BCUT2D eigenvalue weighted by atomic mass is 10.1. The van der Waals surface area contributed by atoms with Crippen LogP contribution in [0.5, 0.6) is 11.6 Å². The number of amides is 2. The van der Waals surface area contributed by atoms with Crippen LogP contribution in [-0.4, -0.2) is 47.2 Å². The van der Waals surface area contributed by atoms with Gasteiger partial charge in [0.15, 0.2) is 5.82 Å². The minimum Gasteiger partial charge on any atom is -0.465 e. The number of carbonyl (C=O) groups excluding carboxylic acids is 3. The normalized spacial score (nSPS) is 13.1. The summed E-state index contributed by atoms with van der Waals surface area (Å²) in [7, 11) is 1.28. The zero-order valence-corrected chi connectivity index (χ0v) is 19.4. The average molecular weight is 456 g/mol. The van der Waals surface area contributed by atoms with E-state index in [1.54, 1.807) is 37.8 Å². The van der Waals surface area contributed by atoms with Gasteiger partial charge in [0, 0.05) is 25.2 Å². The second-order valence-corrected chi connectivity index (χ2v) is 8.75. The molecule has 1 aromatic heterocycles. The molecular formula is C23H28N4O6. The zero-order chi connectivity index (χ0) is 24.2. The van der Waals surface area contributed by atoms with Gasteiger partial charge in [0.05, 0.1) is 25.1 Å². The van der Waals surface area contributed by atoms with Crippen molar-refractivity contribution in [2.24, 2.45) is 5.92 Å². The van der Waals surface area contributed by atoms with E-state index in [0.717, 1.165) is 12.8 Å². The van der Waals surface area contributed by atoms with Gasteiger partial charge in [-0.2, -0.15) is 0 Å². The summed E-state index contributed by atoms with van der Waals surface area (Å²) in [5.74, 6) is 0.377. The number of benzene rings is 1. The molecule has 33 heavy (non-hydrogen) atoms. The number of methoxy groups -OCH3 is 1. The second kappa shape index (κ2) is 9.85. The second-order valence-electron chi connectivity index (χ2n) is 8.75. The largest absolute Gasteiger partial charge is 0.465 e. The molecule has 0 radical (unpaired) electrons. The summed E-state index contributed by atoms with van der Waals surface area (Å²) in [5.41, 5.74) is 0.127. The van der Waals surface area contributed by atoms with E-state index in [-0.39, 0.29) is 28.9 Å². The third-order valence-corrected chi connectivity index (χ3v) is 4.62. The Balaban J connectivity index is 1.79. The number of nitrogens with one attached hydrogen (secondary N) is 1. The van der Waals surface area contributed by atoms with Crippen LogP contribution in [-0.2, 0) is 14.3 Å². The molecule has 0 unspecified atom stereocenters. The molecule has 1 aromatic carbocycles. The molecule has 0 aliphatic heterocycles. The van der Waals surface area contributed by atoms with Crippen molar-refractivity contribution in [3.05, 3.63) is 36.2 Å². The van der Waals surface area contributed by atoms with Crippen LogP contribution < -0.4 is 15.0 Å². The van der Waals surface area contributed by atoms with Crippen LogP contribution >= 0.6 is 0 Å². The first-order valence-electron chi connectivity index (χ1n) is 10.6. The first-order chi connectivity index (χ1) is 15.5. The van der Waals surface area contributed by atoms with Crippen LogP contribution in [0, 0.1) is 5.92 Å². The van der Waals surface area contributed by atoms with Crippen molar-refractivity contribution < 1.29 is 28.6 Å². The molecule has 0 spiro atoms. The molecular weight excluding hydrogens is 428 g/mol. The van der Waals surface area contributed by atoms with Crippen molar-refractivity contribution in [1.29, 1.82) is 0 Å². The smallest absolute Gasteiger partial charge is 0.413 e. The molecule has 0 saturated heterocycles. The summed E-state index contributed by atoms with van der Waals surface area (Å²) >= 11 is 0. The summed E-state index contributed by atoms with van der Waals surface area (Å²) in [6.45, 7) is 7.32. The zero-order valence-electron chi connectivity index (χ0n) is 19.4. The Morgan fingerprint density at radius 3 is 2.39 bits per heavy atom. The van der Waals surface area contributed by atoms with Crippen molar-refractivity contribution in [2.75, 3.05) is 23.9 Å². The van der Waals surface area contributed by atoms with Crippen LogP contribution in [0.15, 0.2) is 30.6 Å². The van der Waals surface area contributed by atoms with Crippen molar-refractivity contribution >= 4 is 29.5 Å². The number of anilines is 2. The molecule has 1 heterocycles. The summed E-state index contributed by atoms with van der Waals surface area (Å²) in [5, 5.41) is 2.49. The van der Waals surface area contributed by atoms with Crippen molar-refractivity contribution in [2.45, 2.75) is 46.1 Å². The number of aromatic nitrogens is 2. The Kier molecular flexibility index (Phi) is 7.15. The predicted molar refractivity (Wildman–Crippen MR) is 120 cm³/mol. The monoisotopic (exact) mass is 456 g/mol. The molecule has 1 fully saturated rings. The van der Waals surface area contributed by atoms with E-state index in [2.05, 4.69) is 15.3 Å². The van der Waals surface area contributed by atoms with E-state index < -0.39 is 17.7 Å². The van der Waals surface area contributed by atoms with E-state index in [0.29, 0.717) is 18.2 Å². The van der Waals surface area contributed by atoms with E-state index in [4.69, 9.17) is 14.2 Å². The highest BCUT2D eigenvalue weighted by molar-refractivity contribution is 5.95. The Morgan fingerprint density at radius 2 is 1.85 bits per heavy atom. The highest BCUT2D eigenvalue weighted by Crippen LogP contribution is 2.34. The summed E-state index contributed by atoms with van der Waals surface area (Å²) < 4.78 is 15.8.